The number of amides is 1. The molecule has 2 heterocycles. The summed E-state index contributed by atoms with van der Waals surface area (Å²) >= 11 is 0. The van der Waals surface area contributed by atoms with Crippen LogP contribution in [0.1, 0.15) is 32.1 Å². The lowest BCUT2D eigenvalue weighted by Crippen LogP contribution is -2.48. The second kappa shape index (κ2) is 10.2. The highest BCUT2D eigenvalue weighted by atomic mass is 16.5. The Kier molecular flexibility index (Phi) is 6.87. The highest BCUT2D eigenvalue weighted by Gasteiger charge is 2.23. The number of ketones is 1. The Labute approximate surface area is 187 Å². The molecule has 0 radical (unpaired) electrons. The van der Waals surface area contributed by atoms with Gasteiger partial charge in [-0.25, -0.2) is 9.97 Å². The number of hydrogen-bond acceptors (Lipinski definition) is 6. The van der Waals surface area contributed by atoms with Crippen molar-refractivity contribution in [3.63, 3.8) is 0 Å². The molecule has 2 aromatic carbocycles. The van der Waals surface area contributed by atoms with E-state index in [1.54, 1.807) is 31.4 Å². The van der Waals surface area contributed by atoms with Gasteiger partial charge >= 0.3 is 0 Å². The van der Waals surface area contributed by atoms with E-state index in [-0.39, 0.29) is 18.1 Å². The Morgan fingerprint density at radius 1 is 0.875 bits per heavy atom. The summed E-state index contributed by atoms with van der Waals surface area (Å²) in [5.74, 6) is 0.940. The normalized spacial score (nSPS) is 14.2. The van der Waals surface area contributed by atoms with E-state index in [0.29, 0.717) is 35.8 Å². The minimum absolute atomic E-state index is 0.0719. The number of rotatable bonds is 7. The zero-order valence-corrected chi connectivity index (χ0v) is 18.1. The number of carbonyl (C=O) groups excluding carboxylic acids is 2. The first-order chi connectivity index (χ1) is 15.6. The number of Topliss-reactive ketones (excluding diaryl/α,β-unsaturated/α-hetero) is 1. The number of nitrogens with zero attached hydrogens (tertiary/aromatic N) is 4. The Bertz CT molecular complexity index is 1040. The molecule has 0 spiro atoms. The van der Waals surface area contributed by atoms with Gasteiger partial charge < -0.3 is 9.64 Å². The van der Waals surface area contributed by atoms with Crippen LogP contribution in [0.15, 0.2) is 67.0 Å². The fraction of sp³-hybridized carbons (Fsp3) is 0.280. The van der Waals surface area contributed by atoms with Crippen molar-refractivity contribution in [3.05, 3.63) is 89.5 Å². The van der Waals surface area contributed by atoms with Gasteiger partial charge in [0.05, 0.1) is 19.1 Å². The summed E-state index contributed by atoms with van der Waals surface area (Å²) in [6, 6.07) is 17.3. The summed E-state index contributed by atoms with van der Waals surface area (Å²) in [6.07, 6.45) is 3.11. The quantitative estimate of drug-likeness (QED) is 0.537. The van der Waals surface area contributed by atoms with Crippen LogP contribution in [0.2, 0.25) is 0 Å². The van der Waals surface area contributed by atoms with Crippen LogP contribution in [0, 0.1) is 0 Å². The maximum absolute atomic E-state index is 12.8. The third kappa shape index (κ3) is 5.36. The molecule has 1 aliphatic heterocycles. The van der Waals surface area contributed by atoms with E-state index in [1.807, 2.05) is 23.1 Å². The van der Waals surface area contributed by atoms with Crippen molar-refractivity contribution in [2.24, 2.45) is 0 Å². The number of aromatic nitrogens is 2. The van der Waals surface area contributed by atoms with Crippen molar-refractivity contribution in [2.45, 2.75) is 13.0 Å². The van der Waals surface area contributed by atoms with E-state index in [9.17, 15) is 9.59 Å². The average molecular weight is 431 g/mol. The van der Waals surface area contributed by atoms with Crippen LogP contribution >= 0.6 is 0 Å². The predicted molar refractivity (Wildman–Crippen MR) is 121 cm³/mol. The van der Waals surface area contributed by atoms with Gasteiger partial charge in [-0.05, 0) is 29.8 Å². The Hall–Kier alpha value is -3.58. The Morgan fingerprint density at radius 3 is 2.16 bits per heavy atom. The molecule has 7 nitrogen and oxygen atoms in total. The van der Waals surface area contributed by atoms with Gasteiger partial charge in [0, 0.05) is 50.7 Å². The van der Waals surface area contributed by atoms with Crippen molar-refractivity contribution in [1.29, 1.82) is 0 Å². The highest BCUT2D eigenvalue weighted by molar-refractivity contribution is 5.97. The van der Waals surface area contributed by atoms with Gasteiger partial charge in [-0.1, -0.05) is 30.3 Å². The van der Waals surface area contributed by atoms with Crippen molar-refractivity contribution in [3.8, 4) is 5.75 Å². The van der Waals surface area contributed by atoms with Crippen LogP contribution < -0.4 is 4.74 Å². The molecule has 0 saturated carbocycles. The number of methoxy groups -OCH3 is 1. The van der Waals surface area contributed by atoms with E-state index in [4.69, 9.17) is 4.74 Å². The number of carbonyl (C=O) groups is 2. The maximum Gasteiger partial charge on any atom is 0.257 e. The van der Waals surface area contributed by atoms with Crippen molar-refractivity contribution < 1.29 is 14.3 Å². The van der Waals surface area contributed by atoms with Gasteiger partial charge in [-0.2, -0.15) is 0 Å². The van der Waals surface area contributed by atoms with E-state index in [2.05, 4.69) is 27.0 Å². The van der Waals surface area contributed by atoms with Gasteiger partial charge in [0.15, 0.2) is 5.78 Å². The minimum atomic E-state index is -0.0822. The van der Waals surface area contributed by atoms with E-state index in [1.165, 1.54) is 18.0 Å². The molecule has 3 aromatic rings. The first-order valence-corrected chi connectivity index (χ1v) is 10.7. The van der Waals surface area contributed by atoms with Crippen molar-refractivity contribution in [2.75, 3.05) is 33.3 Å². The SMILES string of the molecule is COc1ccc(C(=O)Cc2ncc(C(=O)N3CCN(Cc4ccccc4)CC3)cn2)cc1. The van der Waals surface area contributed by atoms with E-state index >= 15 is 0 Å². The second-order valence-corrected chi connectivity index (χ2v) is 7.77. The summed E-state index contributed by atoms with van der Waals surface area (Å²) in [5.41, 5.74) is 2.30. The van der Waals surface area contributed by atoms with Gasteiger partial charge in [0.1, 0.15) is 11.6 Å². The standard InChI is InChI=1S/C25H26N4O3/c1-32-22-9-7-20(8-10-22)23(30)15-24-26-16-21(17-27-24)25(31)29-13-11-28(12-14-29)18-19-5-3-2-4-6-19/h2-10,16-17H,11-15,18H2,1H3. The first-order valence-electron chi connectivity index (χ1n) is 10.7. The van der Waals surface area contributed by atoms with E-state index < -0.39 is 0 Å². The molecular weight excluding hydrogens is 404 g/mol. The number of piperazine rings is 1. The van der Waals surface area contributed by atoms with E-state index in [0.717, 1.165) is 19.6 Å². The zero-order valence-electron chi connectivity index (χ0n) is 18.1. The van der Waals surface area contributed by atoms with Crippen molar-refractivity contribution >= 4 is 11.7 Å². The molecular formula is C25H26N4O3. The lowest BCUT2D eigenvalue weighted by atomic mass is 10.1. The smallest absolute Gasteiger partial charge is 0.257 e. The lowest BCUT2D eigenvalue weighted by Gasteiger charge is -2.34. The molecule has 1 aliphatic rings. The number of hydrogen-bond donors (Lipinski definition) is 0. The van der Waals surface area contributed by atoms with Crippen molar-refractivity contribution in [1.82, 2.24) is 19.8 Å². The third-order valence-electron chi connectivity index (χ3n) is 5.59. The molecule has 7 heteroatoms. The zero-order chi connectivity index (χ0) is 22.3. The Morgan fingerprint density at radius 2 is 1.53 bits per heavy atom. The molecule has 1 amide bonds. The maximum atomic E-state index is 12.8. The molecule has 32 heavy (non-hydrogen) atoms. The molecule has 0 bridgehead atoms. The average Bonchev–Trinajstić information content (AvgIpc) is 2.85. The predicted octanol–water partition coefficient (Wildman–Crippen LogP) is 2.87. The summed E-state index contributed by atoms with van der Waals surface area (Å²) in [5, 5.41) is 0. The summed E-state index contributed by atoms with van der Waals surface area (Å²) < 4.78 is 5.11. The monoisotopic (exact) mass is 430 g/mol. The third-order valence-corrected chi connectivity index (χ3v) is 5.59. The van der Waals surface area contributed by atoms with Crippen LogP contribution in [-0.4, -0.2) is 64.7 Å². The second-order valence-electron chi connectivity index (χ2n) is 7.77. The molecule has 1 aromatic heterocycles. The van der Waals surface area contributed by atoms with Gasteiger partial charge in [-0.3, -0.25) is 14.5 Å². The lowest BCUT2D eigenvalue weighted by molar-refractivity contribution is 0.0627. The molecule has 1 fully saturated rings. The number of benzene rings is 2. The van der Waals surface area contributed by atoms with Crippen LogP contribution in [0.25, 0.3) is 0 Å². The molecule has 0 N–H and O–H groups in total. The van der Waals surface area contributed by atoms with Crippen LogP contribution in [0.4, 0.5) is 0 Å². The fourth-order valence-corrected chi connectivity index (χ4v) is 3.71. The summed E-state index contributed by atoms with van der Waals surface area (Å²) in [4.78, 5) is 38.0. The molecule has 0 atom stereocenters. The van der Waals surface area contributed by atoms with Crippen LogP contribution in [0.5, 0.6) is 5.75 Å². The van der Waals surface area contributed by atoms with Gasteiger partial charge in [0.2, 0.25) is 0 Å². The summed E-state index contributed by atoms with van der Waals surface area (Å²) in [7, 11) is 1.58. The molecule has 1 saturated heterocycles. The number of ether oxygens (including phenoxy) is 1. The van der Waals surface area contributed by atoms with Crippen LogP contribution in [-0.2, 0) is 13.0 Å². The Balaban J connectivity index is 1.29. The molecule has 164 valence electrons. The van der Waals surface area contributed by atoms with Gasteiger partial charge in [0.25, 0.3) is 5.91 Å². The highest BCUT2D eigenvalue weighted by Crippen LogP contribution is 2.14. The topological polar surface area (TPSA) is 75.6 Å². The molecule has 0 aliphatic carbocycles. The largest absolute Gasteiger partial charge is 0.497 e. The first kappa shape index (κ1) is 21.6. The van der Waals surface area contributed by atoms with Gasteiger partial charge in [-0.15, -0.1) is 0 Å². The summed E-state index contributed by atoms with van der Waals surface area (Å²) in [6.45, 7) is 3.89. The fourth-order valence-electron chi connectivity index (χ4n) is 3.71. The minimum Gasteiger partial charge on any atom is -0.497 e. The van der Waals surface area contributed by atoms with Crippen LogP contribution in [0.3, 0.4) is 0 Å². The molecule has 4 rings (SSSR count). The molecule has 0 unspecified atom stereocenters.